The number of thioether (sulfide) groups is 1. The molecule has 1 heterocycles. The number of hydrogen-bond donors (Lipinski definition) is 0. The summed E-state index contributed by atoms with van der Waals surface area (Å²) in [4.78, 5) is 15.2. The fourth-order valence-corrected chi connectivity index (χ4v) is 2.21. The third-order valence-corrected chi connectivity index (χ3v) is 3.39. The fraction of sp³-hybridized carbons (Fsp3) is 0.455. The monoisotopic (exact) mass is 222 g/mol. The van der Waals surface area contributed by atoms with Crippen LogP contribution >= 0.6 is 11.8 Å². The van der Waals surface area contributed by atoms with Crippen LogP contribution in [0.4, 0.5) is 0 Å². The molecule has 0 spiro atoms. The van der Waals surface area contributed by atoms with Crippen molar-refractivity contribution in [3.8, 4) is 0 Å². The van der Waals surface area contributed by atoms with Crippen molar-refractivity contribution in [1.29, 1.82) is 0 Å². The van der Waals surface area contributed by atoms with Gasteiger partial charge in [0, 0.05) is 24.1 Å². The van der Waals surface area contributed by atoms with Crippen molar-refractivity contribution in [2.24, 2.45) is 0 Å². The van der Waals surface area contributed by atoms with E-state index in [1.54, 1.807) is 11.8 Å². The summed E-state index contributed by atoms with van der Waals surface area (Å²) in [5.74, 6) is 0.823. The first-order valence-corrected chi connectivity index (χ1v) is 6.02. The first kappa shape index (κ1) is 10.5. The van der Waals surface area contributed by atoms with Gasteiger partial charge < -0.3 is 4.57 Å². The van der Waals surface area contributed by atoms with Crippen LogP contribution in [-0.4, -0.2) is 15.3 Å². The average Bonchev–Trinajstić information content (AvgIpc) is 2.98. The zero-order valence-corrected chi connectivity index (χ0v) is 9.59. The summed E-state index contributed by atoms with van der Waals surface area (Å²) in [5.41, 5.74) is 0.941. The lowest BCUT2D eigenvalue weighted by Gasteiger charge is -2.09. The topological polar surface area (TPSA) is 34.9 Å². The molecule has 1 aromatic heterocycles. The minimum atomic E-state index is -0.156. The molecule has 0 atom stereocenters. The molecule has 2 rings (SSSR count). The molecule has 1 aromatic rings. The highest BCUT2D eigenvalue weighted by Crippen LogP contribution is 2.37. The van der Waals surface area contributed by atoms with Crippen LogP contribution in [0.25, 0.3) is 0 Å². The van der Waals surface area contributed by atoms with E-state index in [0.29, 0.717) is 6.04 Å². The first-order chi connectivity index (χ1) is 7.16. The average molecular weight is 222 g/mol. The van der Waals surface area contributed by atoms with E-state index in [1.165, 1.54) is 18.9 Å². The second-order valence-electron chi connectivity index (χ2n) is 3.93. The third-order valence-electron chi connectivity index (χ3n) is 2.19. The SMILES string of the molecule is C=C(C)CSc1nc(=O)ccn1C1CC1. The highest BCUT2D eigenvalue weighted by molar-refractivity contribution is 7.99. The standard InChI is InChI=1S/C11H14N2OS/c1-8(2)7-15-11-12-10(14)5-6-13(11)9-3-4-9/h5-6,9H,1,3-4,7H2,2H3. The largest absolute Gasteiger partial charge is 0.324 e. The van der Waals surface area contributed by atoms with E-state index in [9.17, 15) is 4.79 Å². The van der Waals surface area contributed by atoms with Crippen molar-refractivity contribution in [2.45, 2.75) is 31.0 Å². The summed E-state index contributed by atoms with van der Waals surface area (Å²) in [6, 6.07) is 2.09. The molecule has 4 heteroatoms. The molecule has 0 radical (unpaired) electrons. The van der Waals surface area contributed by atoms with Crippen LogP contribution in [0, 0.1) is 0 Å². The molecule has 80 valence electrons. The van der Waals surface area contributed by atoms with Crippen molar-refractivity contribution in [1.82, 2.24) is 9.55 Å². The van der Waals surface area contributed by atoms with Crippen LogP contribution in [0.5, 0.6) is 0 Å². The Bertz CT molecular complexity index is 434. The Labute approximate surface area is 93.2 Å². The van der Waals surface area contributed by atoms with E-state index >= 15 is 0 Å². The van der Waals surface area contributed by atoms with Gasteiger partial charge in [0.05, 0.1) is 0 Å². The van der Waals surface area contributed by atoms with Crippen molar-refractivity contribution < 1.29 is 0 Å². The lowest BCUT2D eigenvalue weighted by Crippen LogP contribution is -2.12. The Morgan fingerprint density at radius 3 is 3.07 bits per heavy atom. The molecule has 0 aromatic carbocycles. The molecular weight excluding hydrogens is 208 g/mol. The lowest BCUT2D eigenvalue weighted by atomic mass is 10.4. The first-order valence-electron chi connectivity index (χ1n) is 5.03. The summed E-state index contributed by atoms with van der Waals surface area (Å²) in [6.45, 7) is 5.83. The molecule has 0 saturated heterocycles. The maximum absolute atomic E-state index is 11.2. The third kappa shape index (κ3) is 2.72. The molecule has 0 bridgehead atoms. The second-order valence-corrected chi connectivity index (χ2v) is 4.88. The normalized spacial score (nSPS) is 15.3. The van der Waals surface area contributed by atoms with Gasteiger partial charge in [-0.1, -0.05) is 23.9 Å². The van der Waals surface area contributed by atoms with Gasteiger partial charge >= 0.3 is 0 Å². The van der Waals surface area contributed by atoms with Gasteiger partial charge in [0.2, 0.25) is 0 Å². The molecule has 15 heavy (non-hydrogen) atoms. The minimum absolute atomic E-state index is 0.156. The van der Waals surface area contributed by atoms with Crippen LogP contribution in [-0.2, 0) is 0 Å². The summed E-state index contributed by atoms with van der Waals surface area (Å²) in [6.07, 6.45) is 4.25. The number of rotatable bonds is 4. The Morgan fingerprint density at radius 2 is 2.47 bits per heavy atom. The predicted octanol–water partition coefficient (Wildman–Crippen LogP) is 2.25. The molecule has 3 nitrogen and oxygen atoms in total. The quantitative estimate of drug-likeness (QED) is 0.445. The molecule has 1 saturated carbocycles. The molecule has 1 aliphatic rings. The molecular formula is C11H14N2OS. The van der Waals surface area contributed by atoms with Gasteiger partial charge in [0.1, 0.15) is 0 Å². The van der Waals surface area contributed by atoms with Crippen molar-refractivity contribution in [3.05, 3.63) is 34.8 Å². The molecule has 0 N–H and O–H groups in total. The number of aromatic nitrogens is 2. The lowest BCUT2D eigenvalue weighted by molar-refractivity contribution is 0.624. The molecule has 0 unspecified atom stereocenters. The van der Waals surface area contributed by atoms with Crippen LogP contribution in [0.3, 0.4) is 0 Å². The maximum Gasteiger partial charge on any atom is 0.273 e. The molecule has 1 aliphatic carbocycles. The Hall–Kier alpha value is -1.03. The molecule has 1 fully saturated rings. The van der Waals surface area contributed by atoms with Crippen LogP contribution in [0.15, 0.2) is 34.4 Å². The Morgan fingerprint density at radius 1 is 1.73 bits per heavy atom. The predicted molar refractivity (Wildman–Crippen MR) is 62.3 cm³/mol. The van der Waals surface area contributed by atoms with Gasteiger partial charge in [-0.3, -0.25) is 4.79 Å². The molecule has 0 amide bonds. The van der Waals surface area contributed by atoms with Gasteiger partial charge in [-0.2, -0.15) is 4.98 Å². The molecule has 0 aliphatic heterocycles. The second kappa shape index (κ2) is 4.23. The minimum Gasteiger partial charge on any atom is -0.324 e. The van der Waals surface area contributed by atoms with Crippen LogP contribution in [0.2, 0.25) is 0 Å². The number of hydrogen-bond acceptors (Lipinski definition) is 3. The summed E-state index contributed by atoms with van der Waals surface area (Å²) >= 11 is 1.59. The Kier molecular flexibility index (Phi) is 2.95. The summed E-state index contributed by atoms with van der Waals surface area (Å²) in [7, 11) is 0. The van der Waals surface area contributed by atoms with Gasteiger partial charge in [0.15, 0.2) is 5.16 Å². The van der Waals surface area contributed by atoms with Crippen molar-refractivity contribution in [3.63, 3.8) is 0 Å². The van der Waals surface area contributed by atoms with Gasteiger partial charge in [0.25, 0.3) is 5.56 Å². The number of nitrogens with zero attached hydrogens (tertiary/aromatic N) is 2. The fourth-order valence-electron chi connectivity index (χ4n) is 1.32. The zero-order chi connectivity index (χ0) is 10.8. The summed E-state index contributed by atoms with van der Waals surface area (Å²) in [5, 5.41) is 0.827. The van der Waals surface area contributed by atoms with Crippen LogP contribution in [0.1, 0.15) is 25.8 Å². The maximum atomic E-state index is 11.2. The summed E-state index contributed by atoms with van der Waals surface area (Å²) < 4.78 is 2.11. The highest BCUT2D eigenvalue weighted by atomic mass is 32.2. The smallest absolute Gasteiger partial charge is 0.273 e. The van der Waals surface area contributed by atoms with E-state index in [0.717, 1.165) is 16.5 Å². The van der Waals surface area contributed by atoms with Crippen molar-refractivity contribution >= 4 is 11.8 Å². The van der Waals surface area contributed by atoms with E-state index in [1.807, 2.05) is 13.1 Å². The highest BCUT2D eigenvalue weighted by Gasteiger charge is 2.25. The van der Waals surface area contributed by atoms with E-state index in [-0.39, 0.29) is 5.56 Å². The van der Waals surface area contributed by atoms with E-state index in [2.05, 4.69) is 16.1 Å². The van der Waals surface area contributed by atoms with Crippen LogP contribution < -0.4 is 5.56 Å². The van der Waals surface area contributed by atoms with E-state index < -0.39 is 0 Å². The zero-order valence-electron chi connectivity index (χ0n) is 8.77. The van der Waals surface area contributed by atoms with Gasteiger partial charge in [-0.05, 0) is 19.8 Å². The van der Waals surface area contributed by atoms with Crippen molar-refractivity contribution in [2.75, 3.05) is 5.75 Å². The Balaban J connectivity index is 2.22. The van der Waals surface area contributed by atoms with E-state index in [4.69, 9.17) is 0 Å². The van der Waals surface area contributed by atoms with Gasteiger partial charge in [-0.25, -0.2) is 0 Å². The van der Waals surface area contributed by atoms with Gasteiger partial charge in [-0.15, -0.1) is 0 Å².